The molecule has 0 aromatic heterocycles. The number of ether oxygens (including phenoxy) is 1. The number of nitrogens with zero attached hydrogens (tertiary/aromatic N) is 2. The Morgan fingerprint density at radius 3 is 2.40 bits per heavy atom. The molecule has 5 heteroatoms. The van der Waals surface area contributed by atoms with Crippen LogP contribution in [-0.2, 0) is 4.74 Å². The highest BCUT2D eigenvalue weighted by atomic mass is 32.2. The lowest BCUT2D eigenvalue weighted by molar-refractivity contribution is 0.0281. The van der Waals surface area contributed by atoms with Crippen LogP contribution in [0.3, 0.4) is 0 Å². The number of likely N-dealkylation sites (tertiary alicyclic amines) is 1. The van der Waals surface area contributed by atoms with Crippen LogP contribution in [0, 0.1) is 0 Å². The van der Waals surface area contributed by atoms with Crippen LogP contribution in [0.1, 0.15) is 60.8 Å². The molecule has 4 nitrogen and oxygen atoms in total. The summed E-state index contributed by atoms with van der Waals surface area (Å²) in [6, 6.07) is 0. The smallest absolute Gasteiger partial charge is 0.410 e. The zero-order chi connectivity index (χ0) is 15.4. The highest BCUT2D eigenvalue weighted by Crippen LogP contribution is 2.25. The second-order valence-corrected chi connectivity index (χ2v) is 8.81. The standard InChI is InChI=1S/C15H28N2O2S/c1-14(2,3)19-13(18)17-10-8-7-9-12(11-17)16-20-15(4,5)6/h7-11H2,1-6H3/b16-12+. The van der Waals surface area contributed by atoms with Gasteiger partial charge >= 0.3 is 6.09 Å². The number of carbonyl (C=O) groups excluding carboxylic acids is 1. The number of hydrogen-bond donors (Lipinski definition) is 0. The Morgan fingerprint density at radius 1 is 1.20 bits per heavy atom. The first-order chi connectivity index (χ1) is 9.07. The van der Waals surface area contributed by atoms with Crippen molar-refractivity contribution in [2.45, 2.75) is 71.2 Å². The molecule has 1 heterocycles. The molecule has 0 atom stereocenters. The Kier molecular flexibility index (Phi) is 5.92. The van der Waals surface area contributed by atoms with Gasteiger partial charge in [-0.1, -0.05) is 0 Å². The Labute approximate surface area is 127 Å². The SMILES string of the molecule is CC(C)(C)OC(=O)N1CCCC/C(=N\SC(C)(C)C)C1. The molecule has 0 unspecified atom stereocenters. The molecule has 0 aromatic rings. The molecule has 1 saturated heterocycles. The summed E-state index contributed by atoms with van der Waals surface area (Å²) in [5.74, 6) is 0. The third kappa shape index (κ3) is 7.17. The van der Waals surface area contributed by atoms with Crippen LogP contribution in [0.5, 0.6) is 0 Å². The Morgan fingerprint density at radius 2 is 1.85 bits per heavy atom. The summed E-state index contributed by atoms with van der Waals surface area (Å²) in [5, 5.41) is 0. The number of carbonyl (C=O) groups is 1. The molecule has 20 heavy (non-hydrogen) atoms. The second kappa shape index (κ2) is 6.83. The molecule has 1 aliphatic heterocycles. The highest BCUT2D eigenvalue weighted by Gasteiger charge is 2.25. The topological polar surface area (TPSA) is 41.9 Å². The Balaban J connectivity index is 2.67. The fourth-order valence-corrected chi connectivity index (χ4v) is 2.32. The van der Waals surface area contributed by atoms with E-state index < -0.39 is 5.60 Å². The summed E-state index contributed by atoms with van der Waals surface area (Å²) in [5.41, 5.74) is 0.647. The Hall–Kier alpha value is -0.710. The van der Waals surface area contributed by atoms with Crippen LogP contribution in [0.15, 0.2) is 4.40 Å². The third-order valence-electron chi connectivity index (χ3n) is 2.62. The largest absolute Gasteiger partial charge is 0.444 e. The van der Waals surface area contributed by atoms with Crippen molar-refractivity contribution in [3.8, 4) is 0 Å². The van der Waals surface area contributed by atoms with Crippen molar-refractivity contribution in [2.75, 3.05) is 13.1 Å². The van der Waals surface area contributed by atoms with E-state index >= 15 is 0 Å². The maximum absolute atomic E-state index is 12.2. The van der Waals surface area contributed by atoms with Gasteiger partial charge in [-0.15, -0.1) is 0 Å². The average Bonchev–Trinajstić information content (AvgIpc) is 2.48. The van der Waals surface area contributed by atoms with Crippen LogP contribution >= 0.6 is 11.9 Å². The lowest BCUT2D eigenvalue weighted by atomic mass is 10.2. The highest BCUT2D eigenvalue weighted by molar-refractivity contribution is 7.99. The van der Waals surface area contributed by atoms with Crippen molar-refractivity contribution in [2.24, 2.45) is 4.40 Å². The second-order valence-electron chi connectivity index (χ2n) is 7.22. The number of hydrogen-bond acceptors (Lipinski definition) is 4. The van der Waals surface area contributed by atoms with Gasteiger partial charge in [-0.05, 0) is 72.8 Å². The molecule has 0 saturated carbocycles. The quantitative estimate of drug-likeness (QED) is 0.678. The van der Waals surface area contributed by atoms with E-state index in [1.54, 1.807) is 16.8 Å². The molecule has 0 spiro atoms. The van der Waals surface area contributed by atoms with Gasteiger partial charge in [0.05, 0.1) is 6.54 Å². The molecule has 0 aromatic carbocycles. The van der Waals surface area contributed by atoms with E-state index in [1.807, 2.05) is 20.8 Å². The van der Waals surface area contributed by atoms with Crippen LogP contribution in [0.4, 0.5) is 4.79 Å². The van der Waals surface area contributed by atoms with E-state index in [1.165, 1.54) is 0 Å². The van der Waals surface area contributed by atoms with E-state index in [0.29, 0.717) is 6.54 Å². The van der Waals surface area contributed by atoms with Crippen molar-refractivity contribution < 1.29 is 9.53 Å². The number of rotatable bonds is 1. The van der Waals surface area contributed by atoms with Gasteiger partial charge in [0.25, 0.3) is 0 Å². The summed E-state index contributed by atoms with van der Waals surface area (Å²) in [6.07, 6.45) is 2.84. The molecule has 1 aliphatic rings. The van der Waals surface area contributed by atoms with Gasteiger partial charge in [0.1, 0.15) is 5.60 Å². The van der Waals surface area contributed by atoms with Gasteiger partial charge in [0.15, 0.2) is 0 Å². The maximum atomic E-state index is 12.2. The lowest BCUT2D eigenvalue weighted by Gasteiger charge is -2.26. The molecule has 1 fully saturated rings. The normalized spacial score (nSPS) is 19.9. The predicted molar refractivity (Wildman–Crippen MR) is 86.4 cm³/mol. The molecular weight excluding hydrogens is 272 g/mol. The molecule has 116 valence electrons. The lowest BCUT2D eigenvalue weighted by Crippen LogP contribution is -2.39. The fraction of sp³-hybridized carbons (Fsp3) is 0.867. The summed E-state index contributed by atoms with van der Waals surface area (Å²) < 4.78 is 10.2. The summed E-state index contributed by atoms with van der Waals surface area (Å²) in [7, 11) is 0. The fourth-order valence-electron chi connectivity index (χ4n) is 1.77. The van der Waals surface area contributed by atoms with Crippen molar-refractivity contribution in [3.05, 3.63) is 0 Å². The first kappa shape index (κ1) is 17.3. The van der Waals surface area contributed by atoms with Crippen molar-refractivity contribution in [1.82, 2.24) is 4.90 Å². The van der Waals surface area contributed by atoms with Gasteiger partial charge in [-0.25, -0.2) is 9.19 Å². The first-order valence-corrected chi connectivity index (χ1v) is 8.06. The Bertz CT molecular complexity index is 367. The van der Waals surface area contributed by atoms with E-state index in [0.717, 1.165) is 31.5 Å². The van der Waals surface area contributed by atoms with Crippen LogP contribution in [-0.4, -0.2) is 40.1 Å². The van der Waals surface area contributed by atoms with Gasteiger partial charge < -0.3 is 9.64 Å². The molecule has 0 N–H and O–H groups in total. The van der Waals surface area contributed by atoms with E-state index in [-0.39, 0.29) is 10.8 Å². The van der Waals surface area contributed by atoms with E-state index in [4.69, 9.17) is 4.74 Å². The molecule has 1 rings (SSSR count). The van der Waals surface area contributed by atoms with Crippen molar-refractivity contribution >= 4 is 23.8 Å². The molecular formula is C15H28N2O2S. The van der Waals surface area contributed by atoms with Crippen LogP contribution in [0.2, 0.25) is 0 Å². The minimum Gasteiger partial charge on any atom is -0.444 e. The van der Waals surface area contributed by atoms with E-state index in [2.05, 4.69) is 25.2 Å². The molecule has 1 amide bonds. The average molecular weight is 300 g/mol. The van der Waals surface area contributed by atoms with Gasteiger partial charge in [0.2, 0.25) is 0 Å². The van der Waals surface area contributed by atoms with Crippen molar-refractivity contribution in [3.63, 3.8) is 0 Å². The zero-order valence-corrected chi connectivity index (χ0v) is 14.5. The third-order valence-corrected chi connectivity index (χ3v) is 3.51. The molecule has 0 bridgehead atoms. The zero-order valence-electron chi connectivity index (χ0n) is 13.7. The van der Waals surface area contributed by atoms with Gasteiger partial charge in [0, 0.05) is 17.0 Å². The summed E-state index contributed by atoms with van der Waals surface area (Å²) in [6.45, 7) is 13.5. The van der Waals surface area contributed by atoms with Gasteiger partial charge in [-0.3, -0.25) is 0 Å². The minimum atomic E-state index is -0.444. The molecule has 0 aliphatic carbocycles. The van der Waals surface area contributed by atoms with Gasteiger partial charge in [-0.2, -0.15) is 0 Å². The summed E-state index contributed by atoms with van der Waals surface area (Å²) >= 11 is 1.59. The first-order valence-electron chi connectivity index (χ1n) is 7.29. The number of amides is 1. The minimum absolute atomic E-state index is 0.107. The predicted octanol–water partition coefficient (Wildman–Crippen LogP) is 4.30. The maximum Gasteiger partial charge on any atom is 0.410 e. The van der Waals surface area contributed by atoms with E-state index in [9.17, 15) is 4.79 Å². The summed E-state index contributed by atoms with van der Waals surface area (Å²) in [4.78, 5) is 13.9. The van der Waals surface area contributed by atoms with Crippen LogP contribution in [0.25, 0.3) is 0 Å². The van der Waals surface area contributed by atoms with Crippen LogP contribution < -0.4 is 0 Å². The monoisotopic (exact) mass is 300 g/mol. The van der Waals surface area contributed by atoms with Crippen molar-refractivity contribution in [1.29, 1.82) is 0 Å². The molecule has 0 radical (unpaired) electrons.